The van der Waals surface area contributed by atoms with Gasteiger partial charge in [0.05, 0.1) is 5.41 Å². The Morgan fingerprint density at radius 1 is 1.24 bits per heavy atom. The fourth-order valence-electron chi connectivity index (χ4n) is 6.49. The summed E-state index contributed by atoms with van der Waals surface area (Å²) >= 11 is 0. The SMILES string of the molecule is C=C1CC(C)CC(C(C)C(NC(=O)c2ccnn2C)C(=O)Nc2ccc3c(c2)NC(=O)C32CCOCC2)C1. The summed E-state index contributed by atoms with van der Waals surface area (Å²) in [5, 5.41) is 13.1. The van der Waals surface area contributed by atoms with Crippen LogP contribution in [0.1, 0.15) is 62.0 Å². The lowest BCUT2D eigenvalue weighted by Gasteiger charge is -2.36. The monoisotopic (exact) mass is 519 g/mol. The van der Waals surface area contributed by atoms with E-state index in [-0.39, 0.29) is 29.6 Å². The van der Waals surface area contributed by atoms with E-state index < -0.39 is 11.5 Å². The first-order valence-corrected chi connectivity index (χ1v) is 13.5. The van der Waals surface area contributed by atoms with E-state index in [1.54, 1.807) is 19.3 Å². The topological polar surface area (TPSA) is 114 Å². The van der Waals surface area contributed by atoms with E-state index in [9.17, 15) is 14.4 Å². The lowest BCUT2D eigenvalue weighted by Crippen LogP contribution is -2.50. The largest absolute Gasteiger partial charge is 0.381 e. The van der Waals surface area contributed by atoms with Crippen LogP contribution in [0.5, 0.6) is 0 Å². The van der Waals surface area contributed by atoms with Crippen molar-refractivity contribution in [1.29, 1.82) is 0 Å². The number of carbonyl (C=O) groups is 3. The number of allylic oxidation sites excluding steroid dienone is 1. The standard InChI is InChI=1S/C29H37N5O4/c1-17-13-18(2)15-20(14-17)19(3)25(33-26(35)24-7-10-30-34(24)4)27(36)31-21-5-6-22-23(16-21)32-28(37)29(22)8-11-38-12-9-29/h5-7,10,16,18-20,25H,1,8-9,11-15H2,2-4H3,(H,31,36)(H,32,37)(H,33,35). The highest BCUT2D eigenvalue weighted by Crippen LogP contribution is 2.45. The summed E-state index contributed by atoms with van der Waals surface area (Å²) in [5.74, 6) is -0.0593. The molecule has 3 amide bonds. The summed E-state index contributed by atoms with van der Waals surface area (Å²) in [4.78, 5) is 39.8. The van der Waals surface area contributed by atoms with E-state index in [0.717, 1.165) is 30.5 Å². The van der Waals surface area contributed by atoms with Crippen molar-refractivity contribution in [3.63, 3.8) is 0 Å². The van der Waals surface area contributed by atoms with Gasteiger partial charge in [-0.05, 0) is 73.6 Å². The van der Waals surface area contributed by atoms with Crippen LogP contribution in [0.25, 0.3) is 0 Å². The molecule has 202 valence electrons. The van der Waals surface area contributed by atoms with E-state index in [4.69, 9.17) is 4.74 Å². The summed E-state index contributed by atoms with van der Waals surface area (Å²) in [6.07, 6.45) is 5.65. The zero-order valence-corrected chi connectivity index (χ0v) is 22.4. The minimum atomic E-state index is -0.759. The Bertz CT molecular complexity index is 1260. The fraction of sp³-hybridized carbons (Fsp3) is 0.517. The minimum absolute atomic E-state index is 0.0131. The number of benzene rings is 1. The first kappa shape index (κ1) is 26.2. The molecule has 1 aliphatic carbocycles. The molecule has 5 rings (SSSR count). The Labute approximate surface area is 223 Å². The molecule has 9 heteroatoms. The molecular weight excluding hydrogens is 482 g/mol. The van der Waals surface area contributed by atoms with Gasteiger partial charge in [0.2, 0.25) is 11.8 Å². The lowest BCUT2D eigenvalue weighted by atomic mass is 9.72. The number of ether oxygens (including phenoxy) is 1. The van der Waals surface area contributed by atoms with Gasteiger partial charge < -0.3 is 20.7 Å². The van der Waals surface area contributed by atoms with Crippen LogP contribution < -0.4 is 16.0 Å². The van der Waals surface area contributed by atoms with Gasteiger partial charge >= 0.3 is 0 Å². The minimum Gasteiger partial charge on any atom is -0.381 e. The third-order valence-corrected chi connectivity index (χ3v) is 8.62. The van der Waals surface area contributed by atoms with Gasteiger partial charge in [-0.2, -0.15) is 5.10 Å². The van der Waals surface area contributed by atoms with Crippen LogP contribution in [0.2, 0.25) is 0 Å². The van der Waals surface area contributed by atoms with Gasteiger partial charge in [-0.3, -0.25) is 19.1 Å². The van der Waals surface area contributed by atoms with Crippen LogP contribution in [0, 0.1) is 17.8 Å². The van der Waals surface area contributed by atoms with Gasteiger partial charge in [-0.25, -0.2) is 0 Å². The third-order valence-electron chi connectivity index (χ3n) is 8.62. The van der Waals surface area contributed by atoms with Crippen molar-refractivity contribution >= 4 is 29.1 Å². The van der Waals surface area contributed by atoms with Crippen molar-refractivity contribution in [2.75, 3.05) is 23.8 Å². The van der Waals surface area contributed by atoms with E-state index in [1.807, 2.05) is 25.1 Å². The number of rotatable bonds is 6. The van der Waals surface area contributed by atoms with Gasteiger partial charge in [0.15, 0.2) is 0 Å². The molecule has 2 aromatic rings. The van der Waals surface area contributed by atoms with Crippen molar-refractivity contribution in [3.05, 3.63) is 53.9 Å². The molecule has 1 aromatic heterocycles. The zero-order valence-electron chi connectivity index (χ0n) is 22.4. The molecule has 2 aliphatic heterocycles. The van der Waals surface area contributed by atoms with E-state index >= 15 is 0 Å². The van der Waals surface area contributed by atoms with Crippen LogP contribution in [-0.4, -0.2) is 46.8 Å². The summed E-state index contributed by atoms with van der Waals surface area (Å²) < 4.78 is 6.99. The fourth-order valence-corrected chi connectivity index (χ4v) is 6.49. The quantitative estimate of drug-likeness (QED) is 0.503. The Kier molecular flexibility index (Phi) is 7.13. The van der Waals surface area contributed by atoms with Gasteiger partial charge in [0, 0.05) is 37.8 Å². The van der Waals surface area contributed by atoms with E-state index in [1.165, 1.54) is 10.3 Å². The lowest BCUT2D eigenvalue weighted by molar-refractivity contribution is -0.124. The van der Waals surface area contributed by atoms with Gasteiger partial charge in [0.1, 0.15) is 11.7 Å². The Hall–Kier alpha value is -3.46. The summed E-state index contributed by atoms with van der Waals surface area (Å²) in [6.45, 7) is 9.55. The van der Waals surface area contributed by atoms with E-state index in [2.05, 4.69) is 34.6 Å². The highest BCUT2D eigenvalue weighted by Gasteiger charge is 2.47. The number of nitrogens with zero attached hydrogens (tertiary/aromatic N) is 2. The molecule has 3 aliphatic rings. The molecule has 3 N–H and O–H groups in total. The molecule has 1 spiro atoms. The maximum atomic E-state index is 13.7. The van der Waals surface area contributed by atoms with Gasteiger partial charge in [-0.1, -0.05) is 32.1 Å². The summed E-state index contributed by atoms with van der Waals surface area (Å²) in [7, 11) is 1.70. The number of aromatic nitrogens is 2. The number of nitrogens with one attached hydrogen (secondary N) is 3. The van der Waals surface area contributed by atoms with Crippen LogP contribution in [0.15, 0.2) is 42.6 Å². The molecule has 38 heavy (non-hydrogen) atoms. The second kappa shape index (κ2) is 10.4. The predicted octanol–water partition coefficient (Wildman–Crippen LogP) is 3.79. The average molecular weight is 520 g/mol. The van der Waals surface area contributed by atoms with Crippen LogP contribution in [0.4, 0.5) is 11.4 Å². The molecular formula is C29H37N5O4. The average Bonchev–Trinajstić information content (AvgIpc) is 3.42. The Morgan fingerprint density at radius 2 is 2.00 bits per heavy atom. The number of fused-ring (bicyclic) bond motifs is 2. The summed E-state index contributed by atoms with van der Waals surface area (Å²) in [6, 6.07) is 6.45. The molecule has 1 saturated carbocycles. The number of amides is 3. The molecule has 3 heterocycles. The first-order valence-electron chi connectivity index (χ1n) is 13.5. The van der Waals surface area contributed by atoms with Crippen LogP contribution in [0.3, 0.4) is 0 Å². The van der Waals surface area contributed by atoms with Crippen molar-refractivity contribution < 1.29 is 19.1 Å². The number of aryl methyl sites for hydroxylation is 1. The Balaban J connectivity index is 1.38. The molecule has 0 radical (unpaired) electrons. The maximum Gasteiger partial charge on any atom is 0.270 e. The maximum absolute atomic E-state index is 13.7. The van der Waals surface area contributed by atoms with Crippen molar-refractivity contribution in [1.82, 2.24) is 15.1 Å². The second-order valence-corrected chi connectivity index (χ2v) is 11.3. The second-order valence-electron chi connectivity index (χ2n) is 11.3. The normalized spacial score (nSPS) is 23.9. The van der Waals surface area contributed by atoms with E-state index in [0.29, 0.717) is 43.4 Å². The highest BCUT2D eigenvalue weighted by molar-refractivity contribution is 6.07. The van der Waals surface area contributed by atoms with Crippen LogP contribution >= 0.6 is 0 Å². The zero-order chi connectivity index (χ0) is 27.0. The highest BCUT2D eigenvalue weighted by atomic mass is 16.5. The van der Waals surface area contributed by atoms with Crippen molar-refractivity contribution in [3.8, 4) is 0 Å². The molecule has 0 bridgehead atoms. The number of carbonyl (C=O) groups excluding carboxylic acids is 3. The summed E-state index contributed by atoms with van der Waals surface area (Å²) in [5.41, 5.74) is 3.26. The third kappa shape index (κ3) is 4.87. The number of hydrogen-bond acceptors (Lipinski definition) is 5. The molecule has 4 unspecified atom stereocenters. The van der Waals surface area contributed by atoms with Crippen LogP contribution in [-0.2, 0) is 26.8 Å². The van der Waals surface area contributed by atoms with Crippen molar-refractivity contribution in [2.45, 2.75) is 57.4 Å². The molecule has 1 saturated heterocycles. The predicted molar refractivity (Wildman–Crippen MR) is 145 cm³/mol. The molecule has 4 atom stereocenters. The van der Waals surface area contributed by atoms with Gasteiger partial charge in [-0.15, -0.1) is 0 Å². The Morgan fingerprint density at radius 3 is 2.68 bits per heavy atom. The van der Waals surface area contributed by atoms with Crippen molar-refractivity contribution in [2.24, 2.45) is 24.8 Å². The van der Waals surface area contributed by atoms with Gasteiger partial charge in [0.25, 0.3) is 5.91 Å². The molecule has 2 fully saturated rings. The first-order chi connectivity index (χ1) is 18.2. The smallest absolute Gasteiger partial charge is 0.270 e. The number of hydrogen-bond donors (Lipinski definition) is 3. The number of anilines is 2. The molecule has 1 aromatic carbocycles. The molecule has 9 nitrogen and oxygen atoms in total.